The SMILES string of the molecule is COCCOC(=O)NC(CCC(=O)O)C(C)=O. The summed E-state index contributed by atoms with van der Waals surface area (Å²) in [7, 11) is 1.46. The summed E-state index contributed by atoms with van der Waals surface area (Å²) in [5.41, 5.74) is 0. The van der Waals surface area contributed by atoms with E-state index in [0.717, 1.165) is 0 Å². The Kier molecular flexibility index (Phi) is 7.70. The molecule has 1 unspecified atom stereocenters. The van der Waals surface area contributed by atoms with Crippen LogP contribution in [0.25, 0.3) is 0 Å². The van der Waals surface area contributed by atoms with Crippen molar-refractivity contribution in [3.05, 3.63) is 0 Å². The van der Waals surface area contributed by atoms with Crippen molar-refractivity contribution in [2.45, 2.75) is 25.8 Å². The van der Waals surface area contributed by atoms with E-state index in [1.165, 1.54) is 14.0 Å². The van der Waals surface area contributed by atoms with Crippen molar-refractivity contribution >= 4 is 17.8 Å². The number of carboxylic acids is 1. The van der Waals surface area contributed by atoms with Gasteiger partial charge in [0.2, 0.25) is 0 Å². The molecule has 0 aromatic heterocycles. The number of aliphatic carboxylic acids is 1. The van der Waals surface area contributed by atoms with Crippen molar-refractivity contribution in [2.75, 3.05) is 20.3 Å². The molecule has 17 heavy (non-hydrogen) atoms. The lowest BCUT2D eigenvalue weighted by atomic mass is 10.1. The van der Waals surface area contributed by atoms with Gasteiger partial charge in [0.05, 0.1) is 12.6 Å². The molecule has 0 aliphatic carbocycles. The Balaban J connectivity index is 4.02. The molecule has 0 aliphatic rings. The molecule has 0 aliphatic heterocycles. The summed E-state index contributed by atoms with van der Waals surface area (Å²) in [6, 6.07) is -0.832. The van der Waals surface area contributed by atoms with Gasteiger partial charge in [-0.2, -0.15) is 0 Å². The molecule has 1 atom stereocenters. The predicted molar refractivity (Wildman–Crippen MR) is 57.7 cm³/mol. The van der Waals surface area contributed by atoms with Crippen LogP contribution in [0.2, 0.25) is 0 Å². The largest absolute Gasteiger partial charge is 0.481 e. The molecule has 0 bridgehead atoms. The molecule has 7 nitrogen and oxygen atoms in total. The molecule has 1 amide bonds. The molecule has 0 aromatic carbocycles. The molecule has 0 fully saturated rings. The Morgan fingerprint density at radius 1 is 1.29 bits per heavy atom. The second kappa shape index (κ2) is 8.51. The molecular formula is C10H17NO6. The van der Waals surface area contributed by atoms with Gasteiger partial charge in [-0.3, -0.25) is 9.59 Å². The number of amides is 1. The maximum absolute atomic E-state index is 11.2. The van der Waals surface area contributed by atoms with Crippen LogP contribution < -0.4 is 5.32 Å². The lowest BCUT2D eigenvalue weighted by Crippen LogP contribution is -2.40. The second-order valence-corrected chi connectivity index (χ2v) is 3.37. The van der Waals surface area contributed by atoms with E-state index < -0.39 is 18.1 Å². The monoisotopic (exact) mass is 247 g/mol. The molecule has 0 radical (unpaired) electrons. The number of ketones is 1. The molecule has 2 N–H and O–H groups in total. The van der Waals surface area contributed by atoms with Gasteiger partial charge in [0, 0.05) is 13.5 Å². The molecule has 0 spiro atoms. The second-order valence-electron chi connectivity index (χ2n) is 3.37. The topological polar surface area (TPSA) is 102 Å². The van der Waals surface area contributed by atoms with Crippen LogP contribution in [0.5, 0.6) is 0 Å². The van der Waals surface area contributed by atoms with E-state index in [4.69, 9.17) is 9.84 Å². The number of ether oxygens (including phenoxy) is 2. The highest BCUT2D eigenvalue weighted by atomic mass is 16.6. The number of hydrogen-bond donors (Lipinski definition) is 2. The van der Waals surface area contributed by atoms with Gasteiger partial charge in [0.15, 0.2) is 5.78 Å². The summed E-state index contributed by atoms with van der Waals surface area (Å²) in [4.78, 5) is 32.7. The smallest absolute Gasteiger partial charge is 0.407 e. The maximum Gasteiger partial charge on any atom is 0.407 e. The quantitative estimate of drug-likeness (QED) is 0.593. The van der Waals surface area contributed by atoms with Crippen LogP contribution in [0, 0.1) is 0 Å². The minimum atomic E-state index is -1.02. The fraction of sp³-hybridized carbons (Fsp3) is 0.700. The van der Waals surface area contributed by atoms with E-state index in [0.29, 0.717) is 0 Å². The zero-order valence-corrected chi connectivity index (χ0v) is 9.89. The number of alkyl carbamates (subject to hydrolysis) is 1. The van der Waals surface area contributed by atoms with Crippen molar-refractivity contribution in [3.8, 4) is 0 Å². The summed E-state index contributed by atoms with van der Waals surface area (Å²) in [6.45, 7) is 1.61. The zero-order chi connectivity index (χ0) is 13.3. The van der Waals surface area contributed by atoms with Crippen molar-refractivity contribution in [3.63, 3.8) is 0 Å². The average Bonchev–Trinajstić information content (AvgIpc) is 2.23. The van der Waals surface area contributed by atoms with Gasteiger partial charge in [-0.05, 0) is 13.3 Å². The van der Waals surface area contributed by atoms with E-state index in [1.54, 1.807) is 0 Å². The Hall–Kier alpha value is -1.63. The van der Waals surface area contributed by atoms with E-state index in [1.807, 2.05) is 0 Å². The van der Waals surface area contributed by atoms with Crippen LogP contribution in [-0.4, -0.2) is 49.3 Å². The van der Waals surface area contributed by atoms with Crippen LogP contribution >= 0.6 is 0 Å². The lowest BCUT2D eigenvalue weighted by molar-refractivity contribution is -0.137. The third-order valence-electron chi connectivity index (χ3n) is 1.95. The van der Waals surface area contributed by atoms with Gasteiger partial charge >= 0.3 is 12.1 Å². The first-order valence-electron chi connectivity index (χ1n) is 5.11. The van der Waals surface area contributed by atoms with Crippen LogP contribution in [0.15, 0.2) is 0 Å². The zero-order valence-electron chi connectivity index (χ0n) is 9.89. The highest BCUT2D eigenvalue weighted by Gasteiger charge is 2.18. The number of carbonyl (C=O) groups is 3. The van der Waals surface area contributed by atoms with Gasteiger partial charge in [0.25, 0.3) is 0 Å². The van der Waals surface area contributed by atoms with Crippen molar-refractivity contribution in [1.29, 1.82) is 0 Å². The Morgan fingerprint density at radius 3 is 2.41 bits per heavy atom. The Labute approximate surface area is 99.1 Å². The fourth-order valence-corrected chi connectivity index (χ4v) is 1.05. The van der Waals surface area contributed by atoms with Crippen LogP contribution in [0.3, 0.4) is 0 Å². The fourth-order valence-electron chi connectivity index (χ4n) is 1.05. The highest BCUT2D eigenvalue weighted by Crippen LogP contribution is 1.99. The molecule has 0 saturated carbocycles. The molecular weight excluding hydrogens is 230 g/mol. The normalized spacial score (nSPS) is 11.6. The number of nitrogens with one attached hydrogen (secondary N) is 1. The minimum Gasteiger partial charge on any atom is -0.481 e. The molecule has 0 heterocycles. The standard InChI is InChI=1S/C10H17NO6/c1-7(12)8(3-4-9(13)14)11-10(15)17-6-5-16-2/h8H,3-6H2,1-2H3,(H,11,15)(H,13,14). The lowest BCUT2D eigenvalue weighted by Gasteiger charge is -2.14. The Morgan fingerprint density at radius 2 is 1.94 bits per heavy atom. The number of methoxy groups -OCH3 is 1. The first kappa shape index (κ1) is 15.4. The van der Waals surface area contributed by atoms with E-state index in [9.17, 15) is 14.4 Å². The minimum absolute atomic E-state index is 0.0457. The number of carboxylic acid groups (broad SMARTS) is 1. The van der Waals surface area contributed by atoms with E-state index >= 15 is 0 Å². The average molecular weight is 247 g/mol. The van der Waals surface area contributed by atoms with Gasteiger partial charge in [0.1, 0.15) is 6.61 Å². The van der Waals surface area contributed by atoms with Crippen LogP contribution in [0.1, 0.15) is 19.8 Å². The third-order valence-corrected chi connectivity index (χ3v) is 1.95. The predicted octanol–water partition coefficient (Wildman–Crippen LogP) is 0.181. The van der Waals surface area contributed by atoms with Gasteiger partial charge < -0.3 is 19.9 Å². The van der Waals surface area contributed by atoms with Crippen molar-refractivity contribution in [1.82, 2.24) is 5.32 Å². The van der Waals surface area contributed by atoms with Crippen LogP contribution in [-0.2, 0) is 19.1 Å². The molecule has 0 saturated heterocycles. The maximum atomic E-state index is 11.2. The van der Waals surface area contributed by atoms with Crippen molar-refractivity contribution in [2.24, 2.45) is 0 Å². The molecule has 98 valence electrons. The number of rotatable bonds is 8. The summed E-state index contributed by atoms with van der Waals surface area (Å²) in [6.07, 6.45) is -0.903. The number of carbonyl (C=O) groups excluding carboxylic acids is 2. The van der Waals surface area contributed by atoms with Crippen LogP contribution in [0.4, 0.5) is 4.79 Å². The molecule has 7 heteroatoms. The highest BCUT2D eigenvalue weighted by molar-refractivity contribution is 5.85. The van der Waals surface area contributed by atoms with Gasteiger partial charge in [-0.15, -0.1) is 0 Å². The first-order valence-corrected chi connectivity index (χ1v) is 5.11. The summed E-state index contributed by atoms with van der Waals surface area (Å²) >= 11 is 0. The van der Waals surface area contributed by atoms with E-state index in [2.05, 4.69) is 10.1 Å². The van der Waals surface area contributed by atoms with Gasteiger partial charge in [-0.1, -0.05) is 0 Å². The summed E-state index contributed by atoms with van der Waals surface area (Å²) in [5.74, 6) is -1.33. The van der Waals surface area contributed by atoms with E-state index in [-0.39, 0.29) is 31.8 Å². The summed E-state index contributed by atoms with van der Waals surface area (Å²) in [5, 5.41) is 10.8. The molecule has 0 rings (SSSR count). The number of hydrogen-bond acceptors (Lipinski definition) is 5. The Bertz CT molecular complexity index is 278. The van der Waals surface area contributed by atoms with Crippen molar-refractivity contribution < 1.29 is 29.0 Å². The third kappa shape index (κ3) is 8.21. The first-order chi connectivity index (χ1) is 7.97. The number of Topliss-reactive ketones (excluding diaryl/α,β-unsaturated/α-hetero) is 1. The molecule has 0 aromatic rings. The van der Waals surface area contributed by atoms with Gasteiger partial charge in [-0.25, -0.2) is 4.79 Å². The summed E-state index contributed by atoms with van der Waals surface area (Å²) < 4.78 is 9.37.